The van der Waals surface area contributed by atoms with Gasteiger partial charge in [-0.2, -0.15) is 4.39 Å². The van der Waals surface area contributed by atoms with Gasteiger partial charge in [-0.1, -0.05) is 25.0 Å². The van der Waals surface area contributed by atoms with Crippen LogP contribution in [0.15, 0.2) is 18.2 Å². The first-order chi connectivity index (χ1) is 10.1. The number of hydrogen-bond acceptors (Lipinski definition) is 4. The number of aliphatic hydroxyl groups is 1. The molecule has 5 nitrogen and oxygen atoms in total. The van der Waals surface area contributed by atoms with Crippen LogP contribution < -0.4 is 5.32 Å². The van der Waals surface area contributed by atoms with Crippen LogP contribution in [0.3, 0.4) is 0 Å². The number of nitro groups is 1. The molecule has 2 unspecified atom stereocenters. The molecule has 1 aromatic rings. The molecule has 1 aliphatic rings. The Balaban J connectivity index is 1.91. The predicted octanol–water partition coefficient (Wildman–Crippen LogP) is 2.62. The summed E-state index contributed by atoms with van der Waals surface area (Å²) >= 11 is 0. The van der Waals surface area contributed by atoms with Crippen LogP contribution in [-0.2, 0) is 6.54 Å². The second-order valence-electron chi connectivity index (χ2n) is 5.63. The van der Waals surface area contributed by atoms with E-state index in [2.05, 4.69) is 5.32 Å². The third-order valence-electron chi connectivity index (χ3n) is 4.28. The lowest BCUT2D eigenvalue weighted by Crippen LogP contribution is -2.32. The number of rotatable bonds is 6. The van der Waals surface area contributed by atoms with Gasteiger partial charge in [0, 0.05) is 24.8 Å². The summed E-state index contributed by atoms with van der Waals surface area (Å²) < 4.78 is 13.9. The molecule has 1 aromatic carbocycles. The summed E-state index contributed by atoms with van der Waals surface area (Å²) in [5.41, 5.74) is -0.180. The van der Waals surface area contributed by atoms with Crippen LogP contribution in [0.1, 0.15) is 31.2 Å². The van der Waals surface area contributed by atoms with Crippen molar-refractivity contribution >= 4 is 5.69 Å². The van der Waals surface area contributed by atoms with E-state index in [0.29, 0.717) is 23.9 Å². The molecule has 116 valence electrons. The third-order valence-corrected chi connectivity index (χ3v) is 4.28. The molecule has 0 amide bonds. The molecule has 0 aliphatic heterocycles. The Labute approximate surface area is 123 Å². The lowest BCUT2D eigenvalue weighted by molar-refractivity contribution is -0.387. The molecule has 0 saturated heterocycles. The Morgan fingerprint density at radius 3 is 2.71 bits per heavy atom. The van der Waals surface area contributed by atoms with Crippen LogP contribution in [0, 0.1) is 27.8 Å². The third kappa shape index (κ3) is 3.98. The minimum atomic E-state index is -0.766. The molecular formula is C15H21FN2O3. The number of nitro benzene ring substituents is 1. The smallest absolute Gasteiger partial charge is 0.305 e. The number of hydrogen-bond donors (Lipinski definition) is 2. The maximum Gasteiger partial charge on any atom is 0.305 e. The van der Waals surface area contributed by atoms with Crippen LogP contribution >= 0.6 is 0 Å². The monoisotopic (exact) mass is 296 g/mol. The maximum absolute atomic E-state index is 13.9. The van der Waals surface area contributed by atoms with Crippen molar-refractivity contribution in [2.45, 2.75) is 32.2 Å². The van der Waals surface area contributed by atoms with Crippen molar-refractivity contribution in [1.82, 2.24) is 5.32 Å². The normalized spacial score (nSPS) is 22.2. The minimum absolute atomic E-state index is 0.192. The molecule has 2 rings (SSSR count). The summed E-state index contributed by atoms with van der Waals surface area (Å²) in [5.74, 6) is -0.0657. The Kier molecular flexibility index (Phi) is 5.64. The van der Waals surface area contributed by atoms with Gasteiger partial charge in [-0.3, -0.25) is 10.1 Å². The van der Waals surface area contributed by atoms with Gasteiger partial charge in [0.1, 0.15) is 0 Å². The zero-order valence-electron chi connectivity index (χ0n) is 11.9. The summed E-state index contributed by atoms with van der Waals surface area (Å²) in [4.78, 5) is 9.99. The van der Waals surface area contributed by atoms with E-state index >= 15 is 0 Å². The number of nitrogens with one attached hydrogen (secondary N) is 1. The highest BCUT2D eigenvalue weighted by Gasteiger charge is 2.24. The van der Waals surface area contributed by atoms with Crippen molar-refractivity contribution in [3.63, 3.8) is 0 Å². The molecule has 1 fully saturated rings. The molecule has 2 atom stereocenters. The van der Waals surface area contributed by atoms with E-state index in [1.54, 1.807) is 6.07 Å². The molecule has 0 radical (unpaired) electrons. The van der Waals surface area contributed by atoms with Gasteiger partial charge in [0.05, 0.1) is 4.92 Å². The van der Waals surface area contributed by atoms with Crippen molar-refractivity contribution in [2.75, 3.05) is 13.2 Å². The zero-order valence-corrected chi connectivity index (χ0v) is 11.9. The topological polar surface area (TPSA) is 75.4 Å². The first kappa shape index (κ1) is 15.9. The number of aliphatic hydroxyl groups excluding tert-OH is 1. The number of halogens is 1. The molecule has 0 aromatic heterocycles. The molecule has 6 heteroatoms. The molecule has 0 bridgehead atoms. The molecule has 0 heterocycles. The Bertz CT molecular complexity index is 496. The lowest BCUT2D eigenvalue weighted by atomic mass is 9.79. The maximum atomic E-state index is 13.9. The zero-order chi connectivity index (χ0) is 15.2. The largest absolute Gasteiger partial charge is 0.396 e. The highest BCUT2D eigenvalue weighted by Crippen LogP contribution is 2.29. The standard InChI is InChI=1S/C15H21FN2O3/c16-15-12(6-3-7-14(15)18(20)21)9-17-8-11-4-1-2-5-13(11)10-19/h3,6-7,11,13,17,19H,1-2,4-5,8-10H2. The fourth-order valence-corrected chi connectivity index (χ4v) is 3.03. The predicted molar refractivity (Wildman–Crippen MR) is 77.3 cm³/mol. The first-order valence-corrected chi connectivity index (χ1v) is 7.36. The first-order valence-electron chi connectivity index (χ1n) is 7.36. The van der Waals surface area contributed by atoms with Gasteiger partial charge in [0.25, 0.3) is 0 Å². The van der Waals surface area contributed by atoms with Gasteiger partial charge in [-0.05, 0) is 31.2 Å². The van der Waals surface area contributed by atoms with E-state index < -0.39 is 16.4 Å². The van der Waals surface area contributed by atoms with Crippen LogP contribution in [0.25, 0.3) is 0 Å². The Morgan fingerprint density at radius 2 is 2.05 bits per heavy atom. The molecule has 1 aliphatic carbocycles. The van der Waals surface area contributed by atoms with Crippen LogP contribution in [-0.4, -0.2) is 23.2 Å². The lowest BCUT2D eigenvalue weighted by Gasteiger charge is -2.30. The van der Waals surface area contributed by atoms with E-state index in [1.807, 2.05) is 0 Å². The average molecular weight is 296 g/mol. The van der Waals surface area contributed by atoms with Gasteiger partial charge in [-0.15, -0.1) is 0 Å². The van der Waals surface area contributed by atoms with Crippen LogP contribution in [0.4, 0.5) is 10.1 Å². The second kappa shape index (κ2) is 7.47. The van der Waals surface area contributed by atoms with Crippen molar-refractivity contribution < 1.29 is 14.4 Å². The minimum Gasteiger partial charge on any atom is -0.396 e. The molecule has 0 spiro atoms. The number of benzene rings is 1. The van der Waals surface area contributed by atoms with Gasteiger partial charge < -0.3 is 10.4 Å². The summed E-state index contributed by atoms with van der Waals surface area (Å²) in [5, 5.41) is 23.2. The van der Waals surface area contributed by atoms with E-state index in [4.69, 9.17) is 0 Å². The highest BCUT2D eigenvalue weighted by atomic mass is 19.1. The van der Waals surface area contributed by atoms with E-state index in [1.165, 1.54) is 12.1 Å². The second-order valence-corrected chi connectivity index (χ2v) is 5.63. The van der Waals surface area contributed by atoms with E-state index in [-0.39, 0.29) is 13.2 Å². The quantitative estimate of drug-likeness (QED) is 0.625. The summed E-state index contributed by atoms with van der Waals surface area (Å²) in [6.45, 7) is 1.16. The molecule has 21 heavy (non-hydrogen) atoms. The molecule has 2 N–H and O–H groups in total. The average Bonchev–Trinajstić information content (AvgIpc) is 2.49. The van der Waals surface area contributed by atoms with Crippen LogP contribution in [0.5, 0.6) is 0 Å². The van der Waals surface area contributed by atoms with Crippen molar-refractivity contribution in [3.8, 4) is 0 Å². The molecule has 1 saturated carbocycles. The summed E-state index contributed by atoms with van der Waals surface area (Å²) in [6.07, 6.45) is 4.42. The Morgan fingerprint density at radius 1 is 1.33 bits per heavy atom. The van der Waals surface area contributed by atoms with Gasteiger partial charge in [0.2, 0.25) is 5.82 Å². The van der Waals surface area contributed by atoms with Crippen molar-refractivity contribution in [2.24, 2.45) is 11.8 Å². The fraction of sp³-hybridized carbons (Fsp3) is 0.600. The van der Waals surface area contributed by atoms with E-state index in [0.717, 1.165) is 25.7 Å². The SMILES string of the molecule is O=[N+]([O-])c1cccc(CNCC2CCCCC2CO)c1F. The van der Waals surface area contributed by atoms with Crippen molar-refractivity contribution in [1.29, 1.82) is 0 Å². The number of nitrogens with zero attached hydrogens (tertiary/aromatic N) is 1. The van der Waals surface area contributed by atoms with Gasteiger partial charge in [-0.25, -0.2) is 0 Å². The van der Waals surface area contributed by atoms with Gasteiger partial charge >= 0.3 is 5.69 Å². The van der Waals surface area contributed by atoms with E-state index in [9.17, 15) is 19.6 Å². The van der Waals surface area contributed by atoms with Gasteiger partial charge in [0.15, 0.2) is 0 Å². The Hall–Kier alpha value is -1.53. The fourth-order valence-electron chi connectivity index (χ4n) is 3.03. The summed E-state index contributed by atoms with van der Waals surface area (Å²) in [6, 6.07) is 4.22. The van der Waals surface area contributed by atoms with Crippen molar-refractivity contribution in [3.05, 3.63) is 39.7 Å². The van der Waals surface area contributed by atoms with Crippen LogP contribution in [0.2, 0.25) is 0 Å². The summed E-state index contributed by atoms with van der Waals surface area (Å²) in [7, 11) is 0. The molecular weight excluding hydrogens is 275 g/mol. The highest BCUT2D eigenvalue weighted by molar-refractivity contribution is 5.36.